The van der Waals surface area contributed by atoms with E-state index in [0.717, 1.165) is 0 Å². The Hall–Kier alpha value is -3.22. The SMILES string of the molecule is CC1(C)C/C(=N\OC(=O)c2ccccc2)c2cc([N+](=O)[O-])ccc2O1. The molecule has 1 heterocycles. The van der Waals surface area contributed by atoms with Gasteiger partial charge in [0, 0.05) is 24.1 Å². The second-order valence-corrected chi connectivity index (χ2v) is 6.26. The van der Waals surface area contributed by atoms with Crippen LogP contribution in [0.15, 0.2) is 53.7 Å². The average molecular weight is 340 g/mol. The van der Waals surface area contributed by atoms with E-state index in [4.69, 9.17) is 9.57 Å². The number of nitrogens with zero attached hydrogens (tertiary/aromatic N) is 2. The zero-order chi connectivity index (χ0) is 18.0. The van der Waals surface area contributed by atoms with Crippen LogP contribution in [0.1, 0.15) is 36.2 Å². The largest absolute Gasteiger partial charge is 0.487 e. The summed E-state index contributed by atoms with van der Waals surface area (Å²) < 4.78 is 5.83. The first-order chi connectivity index (χ1) is 11.9. The number of benzene rings is 2. The molecule has 25 heavy (non-hydrogen) atoms. The molecule has 0 spiro atoms. The number of carbonyl (C=O) groups is 1. The molecular weight excluding hydrogens is 324 g/mol. The first-order valence-corrected chi connectivity index (χ1v) is 7.67. The molecule has 1 aliphatic rings. The Morgan fingerprint density at radius 3 is 2.64 bits per heavy atom. The van der Waals surface area contributed by atoms with E-state index in [1.54, 1.807) is 30.3 Å². The highest BCUT2D eigenvalue weighted by Crippen LogP contribution is 2.35. The third kappa shape index (κ3) is 3.65. The molecule has 7 nitrogen and oxygen atoms in total. The Morgan fingerprint density at radius 2 is 1.96 bits per heavy atom. The van der Waals surface area contributed by atoms with Crippen molar-refractivity contribution in [1.29, 1.82) is 0 Å². The van der Waals surface area contributed by atoms with Gasteiger partial charge in [-0.1, -0.05) is 23.4 Å². The van der Waals surface area contributed by atoms with Gasteiger partial charge in [-0.15, -0.1) is 0 Å². The third-order valence-electron chi connectivity index (χ3n) is 3.71. The fourth-order valence-electron chi connectivity index (χ4n) is 2.58. The van der Waals surface area contributed by atoms with E-state index in [2.05, 4.69) is 5.16 Å². The van der Waals surface area contributed by atoms with E-state index in [0.29, 0.717) is 29.0 Å². The standard InChI is InChI=1S/C18H16N2O5/c1-18(2)11-15(19-25-17(21)12-6-4-3-5-7-12)14-10-13(20(22)23)8-9-16(14)24-18/h3-10H,11H2,1-2H3/b19-15+. The first kappa shape index (κ1) is 16.6. The van der Waals surface area contributed by atoms with Gasteiger partial charge in [0.1, 0.15) is 11.4 Å². The summed E-state index contributed by atoms with van der Waals surface area (Å²) in [7, 11) is 0. The maximum Gasteiger partial charge on any atom is 0.365 e. The maximum absolute atomic E-state index is 12.1. The van der Waals surface area contributed by atoms with Crippen LogP contribution in [0.5, 0.6) is 5.75 Å². The Morgan fingerprint density at radius 1 is 1.24 bits per heavy atom. The molecule has 2 aromatic rings. The molecule has 0 amide bonds. The topological polar surface area (TPSA) is 91.0 Å². The van der Waals surface area contributed by atoms with E-state index in [9.17, 15) is 14.9 Å². The highest BCUT2D eigenvalue weighted by atomic mass is 16.7. The Bertz CT molecular complexity index is 859. The number of carbonyl (C=O) groups excluding carboxylic acids is 1. The first-order valence-electron chi connectivity index (χ1n) is 7.67. The predicted molar refractivity (Wildman–Crippen MR) is 90.8 cm³/mol. The molecule has 7 heteroatoms. The van der Waals surface area contributed by atoms with Crippen LogP contribution in [0.3, 0.4) is 0 Å². The lowest BCUT2D eigenvalue weighted by Crippen LogP contribution is -2.36. The minimum absolute atomic E-state index is 0.0795. The number of fused-ring (bicyclic) bond motifs is 1. The molecule has 0 aromatic heterocycles. The molecule has 0 fully saturated rings. The van der Waals surface area contributed by atoms with Crippen LogP contribution in [0.4, 0.5) is 5.69 Å². The summed E-state index contributed by atoms with van der Waals surface area (Å²) in [6.07, 6.45) is 0.350. The number of ether oxygens (including phenoxy) is 1. The van der Waals surface area contributed by atoms with Crippen molar-refractivity contribution in [2.24, 2.45) is 5.16 Å². The number of oxime groups is 1. The van der Waals surface area contributed by atoms with Gasteiger partial charge in [0.2, 0.25) is 0 Å². The molecule has 0 bridgehead atoms. The van der Waals surface area contributed by atoms with Crippen molar-refractivity contribution in [3.05, 3.63) is 69.8 Å². The van der Waals surface area contributed by atoms with Crippen LogP contribution < -0.4 is 4.74 Å². The van der Waals surface area contributed by atoms with Gasteiger partial charge in [0.25, 0.3) is 5.69 Å². The van der Waals surface area contributed by atoms with Crippen molar-refractivity contribution in [3.63, 3.8) is 0 Å². The Labute approximate surface area is 144 Å². The molecule has 0 radical (unpaired) electrons. The lowest BCUT2D eigenvalue weighted by Gasteiger charge is -2.32. The molecular formula is C18H16N2O5. The van der Waals surface area contributed by atoms with Crippen LogP contribution in [0.2, 0.25) is 0 Å². The smallest absolute Gasteiger partial charge is 0.365 e. The number of nitro benzene ring substituents is 1. The van der Waals surface area contributed by atoms with E-state index < -0.39 is 16.5 Å². The van der Waals surface area contributed by atoms with Gasteiger partial charge in [-0.05, 0) is 32.0 Å². The lowest BCUT2D eigenvalue weighted by atomic mass is 9.92. The number of non-ortho nitro benzene ring substituents is 1. The van der Waals surface area contributed by atoms with E-state index in [1.807, 2.05) is 13.8 Å². The summed E-state index contributed by atoms with van der Waals surface area (Å²) in [5.74, 6) is -0.124. The zero-order valence-electron chi connectivity index (χ0n) is 13.8. The molecule has 0 aliphatic carbocycles. The van der Waals surface area contributed by atoms with Crippen molar-refractivity contribution >= 4 is 17.4 Å². The van der Waals surface area contributed by atoms with Crippen molar-refractivity contribution in [3.8, 4) is 5.75 Å². The maximum atomic E-state index is 12.1. The fraction of sp³-hybridized carbons (Fsp3) is 0.222. The Kier molecular flexibility index (Phi) is 4.22. The van der Waals surface area contributed by atoms with Gasteiger partial charge in [0.15, 0.2) is 0 Å². The van der Waals surface area contributed by atoms with Crippen LogP contribution >= 0.6 is 0 Å². The Balaban J connectivity index is 1.94. The minimum atomic E-state index is -0.593. The lowest BCUT2D eigenvalue weighted by molar-refractivity contribution is -0.384. The quantitative estimate of drug-likeness (QED) is 0.482. The fourth-order valence-corrected chi connectivity index (χ4v) is 2.58. The summed E-state index contributed by atoms with van der Waals surface area (Å²) in [6.45, 7) is 3.73. The van der Waals surface area contributed by atoms with Crippen LogP contribution in [0.25, 0.3) is 0 Å². The molecule has 3 rings (SSSR count). The number of rotatable bonds is 3. The monoisotopic (exact) mass is 340 g/mol. The molecule has 2 aromatic carbocycles. The number of hydrogen-bond donors (Lipinski definition) is 0. The minimum Gasteiger partial charge on any atom is -0.487 e. The molecule has 0 saturated carbocycles. The molecule has 0 N–H and O–H groups in total. The molecule has 0 atom stereocenters. The average Bonchev–Trinajstić information content (AvgIpc) is 2.58. The van der Waals surface area contributed by atoms with Gasteiger partial charge in [-0.3, -0.25) is 10.1 Å². The van der Waals surface area contributed by atoms with Crippen LogP contribution in [-0.4, -0.2) is 22.2 Å². The number of hydrogen-bond acceptors (Lipinski definition) is 6. The normalized spacial score (nSPS) is 16.6. The molecule has 1 aliphatic heterocycles. The molecule has 0 unspecified atom stereocenters. The van der Waals surface area contributed by atoms with Crippen molar-refractivity contribution in [2.45, 2.75) is 25.9 Å². The van der Waals surface area contributed by atoms with Crippen LogP contribution in [0, 0.1) is 10.1 Å². The molecule has 0 saturated heterocycles. The summed E-state index contributed by atoms with van der Waals surface area (Å²) >= 11 is 0. The van der Waals surface area contributed by atoms with Crippen molar-refractivity contribution in [1.82, 2.24) is 0 Å². The van der Waals surface area contributed by atoms with Gasteiger partial charge in [0.05, 0.1) is 16.2 Å². The van der Waals surface area contributed by atoms with E-state index in [1.165, 1.54) is 18.2 Å². The second-order valence-electron chi connectivity index (χ2n) is 6.26. The number of nitro groups is 1. The molecule has 128 valence electrons. The predicted octanol–water partition coefficient (Wildman–Crippen LogP) is 3.72. The van der Waals surface area contributed by atoms with E-state index >= 15 is 0 Å². The van der Waals surface area contributed by atoms with Gasteiger partial charge in [-0.25, -0.2) is 4.79 Å². The van der Waals surface area contributed by atoms with E-state index in [-0.39, 0.29) is 5.69 Å². The summed E-state index contributed by atoms with van der Waals surface area (Å²) in [6, 6.07) is 12.7. The summed E-state index contributed by atoms with van der Waals surface area (Å²) in [5, 5.41) is 15.0. The summed E-state index contributed by atoms with van der Waals surface area (Å²) in [5.41, 5.74) is 0.608. The second kappa shape index (κ2) is 6.35. The summed E-state index contributed by atoms with van der Waals surface area (Å²) in [4.78, 5) is 27.6. The van der Waals surface area contributed by atoms with Crippen LogP contribution in [-0.2, 0) is 4.84 Å². The van der Waals surface area contributed by atoms with Gasteiger partial charge < -0.3 is 9.57 Å². The highest BCUT2D eigenvalue weighted by molar-refractivity contribution is 6.05. The van der Waals surface area contributed by atoms with Crippen molar-refractivity contribution < 1.29 is 19.3 Å². The van der Waals surface area contributed by atoms with Gasteiger partial charge >= 0.3 is 5.97 Å². The zero-order valence-corrected chi connectivity index (χ0v) is 13.8. The highest BCUT2D eigenvalue weighted by Gasteiger charge is 2.33. The van der Waals surface area contributed by atoms with Crippen molar-refractivity contribution in [2.75, 3.05) is 0 Å². The third-order valence-corrected chi connectivity index (χ3v) is 3.71. The van der Waals surface area contributed by atoms with Gasteiger partial charge in [-0.2, -0.15) is 0 Å².